The average Bonchev–Trinajstić information content (AvgIpc) is 3.13. The van der Waals surface area contributed by atoms with Crippen molar-refractivity contribution < 1.29 is 49.4 Å². The van der Waals surface area contributed by atoms with Crippen LogP contribution >= 0.6 is 11.8 Å². The maximum atomic E-state index is 12.2. The minimum Gasteiger partial charge on any atom is -0.481 e. The number of hydrogen-bond acceptors (Lipinski definition) is 5. The van der Waals surface area contributed by atoms with Crippen LogP contribution in [-0.2, 0) is 16.2 Å². The molecule has 8 heteroatoms. The Labute approximate surface area is 218 Å². The summed E-state index contributed by atoms with van der Waals surface area (Å²) in [5, 5.41) is 19.9. The third kappa shape index (κ3) is 8.31. The van der Waals surface area contributed by atoms with E-state index in [0.29, 0.717) is 10.1 Å². The normalized spacial score (nSPS) is 14.8. The molecule has 33 heavy (non-hydrogen) atoms. The molecule has 0 spiro atoms. The average molecular weight is 469 g/mol. The summed E-state index contributed by atoms with van der Waals surface area (Å²) in [5.74, 6) is -0.977. The molecule has 0 atom stereocenters. The number of hydrogen-bond donors (Lipinski definition) is 3. The van der Waals surface area contributed by atoms with Crippen LogP contribution in [0.5, 0.6) is 0 Å². The summed E-state index contributed by atoms with van der Waals surface area (Å²) >= 11 is 1.33. The second kappa shape index (κ2) is 13.1. The van der Waals surface area contributed by atoms with Gasteiger partial charge >= 0.3 is 29.6 Å². The van der Waals surface area contributed by atoms with Crippen molar-refractivity contribution in [1.82, 2.24) is 5.32 Å². The molecule has 0 radical (unpaired) electrons. The number of amidine groups is 1. The van der Waals surface area contributed by atoms with Crippen molar-refractivity contribution in [2.24, 2.45) is 4.99 Å². The van der Waals surface area contributed by atoms with Gasteiger partial charge in [-0.05, 0) is 45.8 Å². The molecule has 3 aromatic rings. The number of nitrogens with one attached hydrogen (secondary N) is 1. The molecule has 162 valence electrons. The molecular weight excluding hydrogens is 447 g/mol. The number of amides is 1. The topological polar surface area (TPSA) is 99.0 Å². The summed E-state index contributed by atoms with van der Waals surface area (Å²) in [4.78, 5) is 26.3. The number of thioether (sulfide) groups is 1. The Bertz CT molecular complexity index is 1140. The van der Waals surface area contributed by atoms with Crippen molar-refractivity contribution in [1.29, 1.82) is 0 Å². The fraction of sp³-hybridized carbons (Fsp3) is 0.0800. The first-order valence-corrected chi connectivity index (χ1v) is 10.5. The van der Waals surface area contributed by atoms with Crippen molar-refractivity contribution in [3.63, 3.8) is 0 Å². The van der Waals surface area contributed by atoms with Crippen molar-refractivity contribution >= 4 is 40.6 Å². The molecule has 0 unspecified atom stereocenters. The first kappa shape index (κ1) is 26.6. The number of nitrogens with zero attached hydrogens (tertiary/aromatic N) is 1. The zero-order valence-electron chi connectivity index (χ0n) is 18.3. The van der Waals surface area contributed by atoms with E-state index in [-0.39, 0.29) is 42.1 Å². The van der Waals surface area contributed by atoms with Gasteiger partial charge in [-0.3, -0.25) is 14.6 Å². The molecular formula is C25H21N2NaO4S. The molecule has 6 nitrogen and oxygen atoms in total. The Kier molecular flexibility index (Phi) is 10.6. The molecule has 1 saturated heterocycles. The van der Waals surface area contributed by atoms with Gasteiger partial charge in [0, 0.05) is 6.92 Å². The van der Waals surface area contributed by atoms with E-state index in [1.807, 2.05) is 66.7 Å². The van der Waals surface area contributed by atoms with Gasteiger partial charge in [-0.2, -0.15) is 18.2 Å². The maximum Gasteiger partial charge on any atom is 1.00 e. The van der Waals surface area contributed by atoms with Crippen molar-refractivity contribution in [3.8, 4) is 11.1 Å². The van der Waals surface area contributed by atoms with E-state index >= 15 is 0 Å². The smallest absolute Gasteiger partial charge is 0.481 e. The summed E-state index contributed by atoms with van der Waals surface area (Å²) in [6.45, 7) is 1.13. The number of carbonyl (C=O) groups is 2. The van der Waals surface area contributed by atoms with Gasteiger partial charge in [0.05, 0.1) is 11.5 Å². The fourth-order valence-corrected chi connectivity index (χ4v) is 3.62. The number of aliphatic hydroxyl groups is 1. The Morgan fingerprint density at radius 3 is 2.12 bits per heavy atom. The number of carboxylic acid groups (broad SMARTS) is 1. The van der Waals surface area contributed by atoms with Crippen molar-refractivity contribution in [3.05, 3.63) is 94.9 Å². The van der Waals surface area contributed by atoms with E-state index in [0.717, 1.165) is 34.9 Å². The Morgan fingerprint density at radius 2 is 1.58 bits per heavy atom. The molecule has 1 fully saturated rings. The molecule has 0 saturated carbocycles. The zero-order chi connectivity index (χ0) is 22.9. The van der Waals surface area contributed by atoms with Crippen LogP contribution in [0.1, 0.15) is 18.1 Å². The van der Waals surface area contributed by atoms with Crippen LogP contribution < -0.4 is 34.9 Å². The van der Waals surface area contributed by atoms with Gasteiger partial charge in [0.1, 0.15) is 0 Å². The number of aliphatic carboxylic acids is 1. The van der Waals surface area contributed by atoms with Crippen LogP contribution in [0, 0.1) is 6.07 Å². The number of aliphatic hydroxyl groups excluding tert-OH is 1. The minimum absolute atomic E-state index is 0. The quantitative estimate of drug-likeness (QED) is 0.307. The third-order valence-electron chi connectivity index (χ3n) is 4.26. The van der Waals surface area contributed by atoms with Crippen LogP contribution in [-0.4, -0.2) is 27.3 Å². The van der Waals surface area contributed by atoms with E-state index in [1.165, 1.54) is 11.8 Å². The molecule has 3 N–H and O–H groups in total. The fourth-order valence-electron chi connectivity index (χ4n) is 2.78. The number of carboxylic acids is 1. The molecule has 0 aliphatic carbocycles. The summed E-state index contributed by atoms with van der Waals surface area (Å²) < 4.78 is 0. The Morgan fingerprint density at radius 1 is 1.03 bits per heavy atom. The Balaban J connectivity index is 0.000000714. The van der Waals surface area contributed by atoms with Crippen LogP contribution in [0.2, 0.25) is 0 Å². The number of aliphatic imine (C=N–C) groups is 1. The van der Waals surface area contributed by atoms with Crippen molar-refractivity contribution in [2.45, 2.75) is 13.5 Å². The number of benzene rings is 3. The first-order valence-electron chi connectivity index (χ1n) is 9.70. The molecule has 0 aromatic heterocycles. The van der Waals surface area contributed by atoms with Crippen LogP contribution in [0.25, 0.3) is 17.2 Å². The van der Waals surface area contributed by atoms with Gasteiger partial charge in [0.15, 0.2) is 5.17 Å². The summed E-state index contributed by atoms with van der Waals surface area (Å²) in [7, 11) is 0. The van der Waals surface area contributed by atoms with E-state index in [2.05, 4.69) is 16.4 Å². The molecule has 1 aliphatic heterocycles. The molecule has 0 bridgehead atoms. The SMILES string of the molecule is CC(=O)O.O=C1NC(=Nc2cc[c-]cc2)S/C1=C/c1ccc(-c2ccc(CO)cc2)cc1.[Na+]. The first-order chi connectivity index (χ1) is 15.4. The predicted octanol–water partition coefficient (Wildman–Crippen LogP) is 1.63. The second-order valence-corrected chi connectivity index (χ2v) is 7.77. The third-order valence-corrected chi connectivity index (χ3v) is 5.17. The largest absolute Gasteiger partial charge is 1.00 e. The Hall–Kier alpha value is -2.68. The van der Waals surface area contributed by atoms with E-state index < -0.39 is 5.97 Å². The number of rotatable bonds is 4. The standard InChI is InChI=1S/C23H17N2O2S.C2H4O2.Na/c26-15-17-8-12-19(13-9-17)18-10-6-16(7-11-18)14-21-22(27)25-23(28-21)24-20-4-2-1-3-5-20;1-2(3)4;/h2-14,26H,15H2,(H,24,25,27);1H3,(H,3,4);/q-1;;+1/b21-14+;;. The van der Waals surface area contributed by atoms with Crippen LogP contribution in [0.4, 0.5) is 5.69 Å². The zero-order valence-corrected chi connectivity index (χ0v) is 21.1. The van der Waals surface area contributed by atoms with Crippen LogP contribution in [0.15, 0.2) is 82.7 Å². The molecule has 3 aromatic carbocycles. The summed E-state index contributed by atoms with van der Waals surface area (Å²) in [5.41, 5.74) is 4.78. The summed E-state index contributed by atoms with van der Waals surface area (Å²) in [6, 6.07) is 26.0. The van der Waals surface area contributed by atoms with E-state index in [4.69, 9.17) is 15.0 Å². The molecule has 1 amide bonds. The monoisotopic (exact) mass is 468 g/mol. The van der Waals surface area contributed by atoms with Gasteiger partial charge in [-0.25, -0.2) is 0 Å². The van der Waals surface area contributed by atoms with Gasteiger partial charge in [-0.1, -0.05) is 48.5 Å². The van der Waals surface area contributed by atoms with Crippen molar-refractivity contribution in [2.75, 3.05) is 0 Å². The van der Waals surface area contributed by atoms with Gasteiger partial charge in [0.2, 0.25) is 0 Å². The molecule has 1 heterocycles. The van der Waals surface area contributed by atoms with Crippen LogP contribution in [0.3, 0.4) is 0 Å². The van der Waals surface area contributed by atoms with Gasteiger partial charge in [0.25, 0.3) is 11.9 Å². The van der Waals surface area contributed by atoms with E-state index in [9.17, 15) is 4.79 Å². The molecule has 4 rings (SSSR count). The summed E-state index contributed by atoms with van der Waals surface area (Å²) in [6.07, 6.45) is 1.86. The minimum atomic E-state index is -0.833. The molecule has 1 aliphatic rings. The van der Waals surface area contributed by atoms with Gasteiger partial charge < -0.3 is 15.5 Å². The van der Waals surface area contributed by atoms with Gasteiger partial charge in [-0.15, -0.1) is 12.1 Å². The maximum absolute atomic E-state index is 12.2. The number of carbonyl (C=O) groups excluding carboxylic acids is 1. The van der Waals surface area contributed by atoms with E-state index in [1.54, 1.807) is 12.1 Å². The predicted molar refractivity (Wildman–Crippen MR) is 127 cm³/mol. The second-order valence-electron chi connectivity index (χ2n) is 6.74.